The van der Waals surface area contributed by atoms with Crippen LogP contribution in [0.15, 0.2) is 48.5 Å². The summed E-state index contributed by atoms with van der Waals surface area (Å²) in [5, 5.41) is 1.65. The van der Waals surface area contributed by atoms with Crippen molar-refractivity contribution in [3.63, 3.8) is 0 Å². The first kappa shape index (κ1) is 26.1. The van der Waals surface area contributed by atoms with E-state index in [-0.39, 0.29) is 18.4 Å². The average molecular weight is 543 g/mol. The third-order valence-electron chi connectivity index (χ3n) is 6.67. The van der Waals surface area contributed by atoms with Gasteiger partial charge in [0.2, 0.25) is 0 Å². The number of imidazole rings is 1. The predicted octanol–water partition coefficient (Wildman–Crippen LogP) is 6.55. The second-order valence-corrected chi connectivity index (χ2v) is 11.9. The molecule has 5 rings (SSSR count). The molecule has 8 nitrogen and oxygen atoms in total. The summed E-state index contributed by atoms with van der Waals surface area (Å²) in [4.78, 5) is 9.42. The number of pyridine rings is 1. The van der Waals surface area contributed by atoms with Crippen LogP contribution in [0.5, 0.6) is 0 Å². The predicted molar refractivity (Wildman–Crippen MR) is 147 cm³/mol. The Labute approximate surface area is 221 Å². The molecule has 0 spiro atoms. The molecular formula is C27H32ClN4O4P. The summed E-state index contributed by atoms with van der Waals surface area (Å²) < 4.78 is 32.8. The molecule has 0 aliphatic carbocycles. The lowest BCUT2D eigenvalue weighted by atomic mass is 10.0. The summed E-state index contributed by atoms with van der Waals surface area (Å²) in [6.07, 6.45) is 2.50. The van der Waals surface area contributed by atoms with Crippen molar-refractivity contribution in [3.05, 3.63) is 64.9 Å². The fourth-order valence-corrected chi connectivity index (χ4v) is 6.35. The molecule has 1 aliphatic heterocycles. The second kappa shape index (κ2) is 11.1. The number of anilines is 1. The zero-order valence-electron chi connectivity index (χ0n) is 21.1. The van der Waals surface area contributed by atoms with Gasteiger partial charge in [0, 0.05) is 22.7 Å². The number of ether oxygens (including phenoxy) is 1. The first-order valence-electron chi connectivity index (χ1n) is 12.7. The monoisotopic (exact) mass is 542 g/mol. The van der Waals surface area contributed by atoms with Gasteiger partial charge in [0.1, 0.15) is 17.7 Å². The van der Waals surface area contributed by atoms with Gasteiger partial charge in [0.25, 0.3) is 0 Å². The third-order valence-corrected chi connectivity index (χ3v) is 8.45. The van der Waals surface area contributed by atoms with Crippen LogP contribution in [0.2, 0.25) is 5.02 Å². The van der Waals surface area contributed by atoms with Gasteiger partial charge in [-0.1, -0.05) is 55.3 Å². The maximum atomic E-state index is 13.2. The maximum absolute atomic E-state index is 13.2. The highest BCUT2D eigenvalue weighted by Gasteiger charge is 2.34. The highest BCUT2D eigenvalue weighted by atomic mass is 35.5. The van der Waals surface area contributed by atoms with Crippen molar-refractivity contribution in [1.82, 2.24) is 14.5 Å². The Balaban J connectivity index is 1.31. The lowest BCUT2D eigenvalue weighted by Gasteiger charge is -2.30. The van der Waals surface area contributed by atoms with Crippen LogP contribution in [-0.2, 0) is 31.3 Å². The SMILES string of the molecule is CCCCc1nc2c(N)nc3ccccc3c2n1CC(C)OCP1(=O)OCC(c2cccc(Cl)c2)CO1. The molecule has 2 aromatic heterocycles. The van der Waals surface area contributed by atoms with E-state index in [0.717, 1.165) is 47.1 Å². The van der Waals surface area contributed by atoms with Crippen LogP contribution in [-0.4, -0.2) is 40.2 Å². The van der Waals surface area contributed by atoms with Crippen molar-refractivity contribution in [2.75, 3.05) is 25.3 Å². The number of hydrogen-bond acceptors (Lipinski definition) is 7. The number of para-hydroxylation sites is 1. The topological polar surface area (TPSA) is 101 Å². The fraction of sp³-hybridized carbons (Fsp3) is 0.407. The minimum absolute atomic E-state index is 0.0241. The Hall–Kier alpha value is -2.48. The van der Waals surface area contributed by atoms with Gasteiger partial charge in [0.15, 0.2) is 5.82 Å². The van der Waals surface area contributed by atoms with E-state index >= 15 is 0 Å². The maximum Gasteiger partial charge on any atom is 0.356 e. The first-order valence-corrected chi connectivity index (χ1v) is 14.8. The number of fused-ring (bicyclic) bond motifs is 3. The van der Waals surface area contributed by atoms with Gasteiger partial charge in [-0.2, -0.15) is 0 Å². The minimum atomic E-state index is -3.36. The van der Waals surface area contributed by atoms with Gasteiger partial charge in [0.05, 0.1) is 36.9 Å². The molecule has 0 radical (unpaired) electrons. The van der Waals surface area contributed by atoms with E-state index in [1.54, 1.807) is 0 Å². The molecule has 4 aromatic rings. The minimum Gasteiger partial charge on any atom is -0.382 e. The summed E-state index contributed by atoms with van der Waals surface area (Å²) in [7, 11) is -3.36. The standard InChI is InChI=1S/C27H32ClN4O4P/c1-3-4-12-24-31-25-26(22-10-5-6-11-23(22)30-27(25)29)32(24)14-18(2)34-17-37(33)35-15-20(16-36-37)19-8-7-9-21(28)13-19/h5-11,13,18,20H,3-4,12,14-17H2,1-2H3,(H2,29,30). The highest BCUT2D eigenvalue weighted by molar-refractivity contribution is 7.53. The molecule has 1 fully saturated rings. The van der Waals surface area contributed by atoms with E-state index in [1.165, 1.54) is 0 Å². The number of hydrogen-bond donors (Lipinski definition) is 1. The molecule has 196 valence electrons. The zero-order valence-corrected chi connectivity index (χ0v) is 22.8. The molecule has 2 N–H and O–H groups in total. The van der Waals surface area contributed by atoms with E-state index in [2.05, 4.69) is 16.5 Å². The van der Waals surface area contributed by atoms with Gasteiger partial charge in [-0.15, -0.1) is 0 Å². The Morgan fingerprint density at radius 3 is 2.73 bits per heavy atom. The summed E-state index contributed by atoms with van der Waals surface area (Å²) >= 11 is 6.11. The van der Waals surface area contributed by atoms with Crippen molar-refractivity contribution in [1.29, 1.82) is 0 Å². The van der Waals surface area contributed by atoms with Gasteiger partial charge in [-0.3, -0.25) is 4.57 Å². The molecule has 1 unspecified atom stereocenters. The quantitative estimate of drug-likeness (QED) is 0.239. The van der Waals surface area contributed by atoms with Crippen molar-refractivity contribution in [2.45, 2.75) is 51.7 Å². The Morgan fingerprint density at radius 2 is 1.97 bits per heavy atom. The van der Waals surface area contributed by atoms with Gasteiger partial charge >= 0.3 is 7.60 Å². The van der Waals surface area contributed by atoms with Crippen molar-refractivity contribution >= 4 is 47.0 Å². The number of nitrogens with zero attached hydrogens (tertiary/aromatic N) is 3. The molecule has 3 heterocycles. The van der Waals surface area contributed by atoms with E-state index in [4.69, 9.17) is 36.1 Å². The Bertz CT molecular complexity index is 1450. The van der Waals surface area contributed by atoms with Crippen LogP contribution < -0.4 is 5.73 Å². The summed E-state index contributed by atoms with van der Waals surface area (Å²) in [6, 6.07) is 15.5. The molecule has 0 bridgehead atoms. The highest BCUT2D eigenvalue weighted by Crippen LogP contribution is 2.53. The average Bonchev–Trinajstić information content (AvgIpc) is 3.25. The van der Waals surface area contributed by atoms with Crippen molar-refractivity contribution in [2.24, 2.45) is 0 Å². The largest absolute Gasteiger partial charge is 0.382 e. The lowest BCUT2D eigenvalue weighted by Crippen LogP contribution is -2.24. The van der Waals surface area contributed by atoms with Crippen molar-refractivity contribution in [3.8, 4) is 0 Å². The number of rotatable bonds is 9. The molecule has 0 amide bonds. The molecule has 1 saturated heterocycles. The van der Waals surface area contributed by atoms with Crippen LogP contribution >= 0.6 is 19.2 Å². The van der Waals surface area contributed by atoms with Crippen LogP contribution in [0.3, 0.4) is 0 Å². The number of halogens is 1. The van der Waals surface area contributed by atoms with E-state index in [1.807, 2.05) is 55.5 Å². The molecular weight excluding hydrogens is 511 g/mol. The number of unbranched alkanes of at least 4 members (excludes halogenated alkanes) is 1. The van der Waals surface area contributed by atoms with Crippen LogP contribution in [0.25, 0.3) is 21.9 Å². The van der Waals surface area contributed by atoms with Gasteiger partial charge in [-0.05, 0) is 37.1 Å². The number of nitrogens with two attached hydrogens (primary N) is 1. The second-order valence-electron chi connectivity index (χ2n) is 9.51. The number of nitrogen functional groups attached to an aromatic ring is 1. The molecule has 37 heavy (non-hydrogen) atoms. The molecule has 1 aliphatic rings. The smallest absolute Gasteiger partial charge is 0.356 e. The zero-order chi connectivity index (χ0) is 26.0. The lowest BCUT2D eigenvalue weighted by molar-refractivity contribution is 0.0506. The van der Waals surface area contributed by atoms with E-state index in [0.29, 0.717) is 36.1 Å². The normalized spacial score (nSPS) is 21.0. The third kappa shape index (κ3) is 5.69. The molecule has 10 heteroatoms. The summed E-state index contributed by atoms with van der Waals surface area (Å²) in [6.45, 7) is 5.21. The van der Waals surface area contributed by atoms with Crippen LogP contribution in [0.4, 0.5) is 5.82 Å². The Morgan fingerprint density at radius 1 is 1.19 bits per heavy atom. The first-order chi connectivity index (χ1) is 17.9. The van der Waals surface area contributed by atoms with Gasteiger partial charge in [-0.25, -0.2) is 9.97 Å². The number of benzene rings is 2. The molecule has 0 saturated carbocycles. The molecule has 1 atom stereocenters. The van der Waals surface area contributed by atoms with Gasteiger partial charge < -0.3 is 24.1 Å². The number of aryl methyl sites for hydroxylation is 1. The van der Waals surface area contributed by atoms with Crippen LogP contribution in [0, 0.1) is 0 Å². The van der Waals surface area contributed by atoms with E-state index < -0.39 is 7.60 Å². The summed E-state index contributed by atoms with van der Waals surface area (Å²) in [5.74, 6) is 1.34. The molecule has 2 aromatic carbocycles. The number of aromatic nitrogens is 3. The summed E-state index contributed by atoms with van der Waals surface area (Å²) in [5.41, 5.74) is 9.78. The Kier molecular flexibility index (Phi) is 7.84. The fourth-order valence-electron chi connectivity index (χ4n) is 4.68. The van der Waals surface area contributed by atoms with Crippen molar-refractivity contribution < 1.29 is 18.3 Å². The van der Waals surface area contributed by atoms with Crippen LogP contribution in [0.1, 0.15) is 44.0 Å². The van der Waals surface area contributed by atoms with E-state index in [9.17, 15) is 4.57 Å².